The smallest absolute Gasteiger partial charge is 0.0751 e. The Kier molecular flexibility index (Phi) is 3.68. The molecule has 0 aliphatic heterocycles. The number of pyridine rings is 1. The van der Waals surface area contributed by atoms with Gasteiger partial charge in [0.1, 0.15) is 0 Å². The van der Waals surface area contributed by atoms with Crippen LogP contribution >= 0.6 is 0 Å². The van der Waals surface area contributed by atoms with Crippen LogP contribution in [0.15, 0.2) is 36.5 Å². The second-order valence-corrected chi connectivity index (χ2v) is 4.05. The van der Waals surface area contributed by atoms with Gasteiger partial charge in [-0.2, -0.15) is 0 Å². The van der Waals surface area contributed by atoms with Gasteiger partial charge in [-0.15, -0.1) is 0 Å². The van der Waals surface area contributed by atoms with Gasteiger partial charge in [-0.05, 0) is 24.6 Å². The fourth-order valence-electron chi connectivity index (χ4n) is 1.90. The summed E-state index contributed by atoms with van der Waals surface area (Å²) in [7, 11) is 1.67. The van der Waals surface area contributed by atoms with Crippen molar-refractivity contribution in [2.45, 2.75) is 19.1 Å². The van der Waals surface area contributed by atoms with Crippen molar-refractivity contribution < 1.29 is 4.74 Å². The molecule has 0 fully saturated rings. The van der Waals surface area contributed by atoms with E-state index in [1.54, 1.807) is 7.11 Å². The number of hydrogen-bond donors (Lipinski definition) is 2. The Labute approximate surface area is 101 Å². The van der Waals surface area contributed by atoms with Crippen LogP contribution in [0.4, 0.5) is 0 Å². The van der Waals surface area contributed by atoms with E-state index in [2.05, 4.69) is 16.5 Å². The fraction of sp³-hybridized carbons (Fsp3) is 0.308. The highest BCUT2D eigenvalue weighted by molar-refractivity contribution is 5.78. The minimum atomic E-state index is -0.0582. The zero-order valence-corrected chi connectivity index (χ0v) is 10.1. The lowest BCUT2D eigenvalue weighted by atomic mass is 10.0. The molecule has 0 saturated carbocycles. The molecular weight excluding hydrogens is 214 g/mol. The topological polar surface area (TPSA) is 60.2 Å². The number of methoxy groups -OCH3 is 1. The lowest BCUT2D eigenvalue weighted by Gasteiger charge is -2.22. The van der Waals surface area contributed by atoms with E-state index in [4.69, 9.17) is 10.6 Å². The van der Waals surface area contributed by atoms with Crippen molar-refractivity contribution in [1.29, 1.82) is 0 Å². The zero-order chi connectivity index (χ0) is 12.3. The number of benzene rings is 1. The van der Waals surface area contributed by atoms with Gasteiger partial charge in [0.2, 0.25) is 0 Å². The van der Waals surface area contributed by atoms with Crippen LogP contribution in [0.2, 0.25) is 0 Å². The van der Waals surface area contributed by atoms with E-state index in [1.165, 1.54) is 0 Å². The number of hydrogen-bond acceptors (Lipinski definition) is 4. The maximum absolute atomic E-state index is 5.57. The summed E-state index contributed by atoms with van der Waals surface area (Å²) in [5, 5.41) is 1.11. The highest BCUT2D eigenvalue weighted by atomic mass is 16.5. The number of hydrazine groups is 1. The Morgan fingerprint density at radius 2 is 2.12 bits per heavy atom. The van der Waals surface area contributed by atoms with Crippen molar-refractivity contribution in [2.24, 2.45) is 5.84 Å². The quantitative estimate of drug-likeness (QED) is 0.622. The van der Waals surface area contributed by atoms with Gasteiger partial charge in [-0.25, -0.2) is 0 Å². The molecule has 0 bridgehead atoms. The van der Waals surface area contributed by atoms with Crippen molar-refractivity contribution >= 4 is 10.9 Å². The maximum atomic E-state index is 5.57. The van der Waals surface area contributed by atoms with Gasteiger partial charge in [0.25, 0.3) is 0 Å². The molecular formula is C13H17N3O. The SMILES string of the molecule is COC(C)C(NN)c1cnc2ccccc2c1. The molecule has 2 atom stereocenters. The summed E-state index contributed by atoms with van der Waals surface area (Å²) in [6, 6.07) is 10.0. The average Bonchev–Trinajstić information content (AvgIpc) is 2.39. The molecule has 3 N–H and O–H groups in total. The molecule has 0 spiro atoms. The molecule has 90 valence electrons. The second kappa shape index (κ2) is 5.23. The molecule has 1 heterocycles. The molecule has 2 unspecified atom stereocenters. The Morgan fingerprint density at radius 1 is 1.35 bits per heavy atom. The molecule has 0 radical (unpaired) electrons. The van der Waals surface area contributed by atoms with Crippen LogP contribution in [0.3, 0.4) is 0 Å². The van der Waals surface area contributed by atoms with Crippen molar-refractivity contribution in [1.82, 2.24) is 10.4 Å². The number of aromatic nitrogens is 1. The van der Waals surface area contributed by atoms with Crippen molar-refractivity contribution in [3.05, 3.63) is 42.1 Å². The summed E-state index contributed by atoms with van der Waals surface area (Å²) in [5.74, 6) is 5.57. The van der Waals surface area contributed by atoms with Gasteiger partial charge in [-0.1, -0.05) is 18.2 Å². The number of para-hydroxylation sites is 1. The zero-order valence-electron chi connectivity index (χ0n) is 10.1. The monoisotopic (exact) mass is 231 g/mol. The summed E-state index contributed by atoms with van der Waals surface area (Å²) in [4.78, 5) is 4.42. The van der Waals surface area contributed by atoms with Crippen LogP contribution in [0.25, 0.3) is 10.9 Å². The number of fused-ring (bicyclic) bond motifs is 1. The lowest BCUT2D eigenvalue weighted by Crippen LogP contribution is -2.36. The van der Waals surface area contributed by atoms with Crippen LogP contribution in [-0.2, 0) is 4.74 Å². The third-order valence-electron chi connectivity index (χ3n) is 2.99. The molecule has 1 aromatic heterocycles. The van der Waals surface area contributed by atoms with Gasteiger partial charge in [0, 0.05) is 18.7 Å². The van der Waals surface area contributed by atoms with E-state index in [0.29, 0.717) is 0 Å². The number of nitrogens with zero attached hydrogens (tertiary/aromatic N) is 1. The molecule has 0 aliphatic rings. The van der Waals surface area contributed by atoms with Gasteiger partial charge in [0.15, 0.2) is 0 Å². The first-order valence-electron chi connectivity index (χ1n) is 5.60. The van der Waals surface area contributed by atoms with Gasteiger partial charge in [-0.3, -0.25) is 16.3 Å². The summed E-state index contributed by atoms with van der Waals surface area (Å²) < 4.78 is 5.30. The number of nitrogens with two attached hydrogens (primary N) is 1. The van der Waals surface area contributed by atoms with Gasteiger partial charge in [0.05, 0.1) is 17.7 Å². The first kappa shape index (κ1) is 12.0. The predicted octanol–water partition coefficient (Wildman–Crippen LogP) is 1.77. The lowest BCUT2D eigenvalue weighted by molar-refractivity contribution is 0.0830. The van der Waals surface area contributed by atoms with Crippen LogP contribution in [0.5, 0.6) is 0 Å². The van der Waals surface area contributed by atoms with Gasteiger partial charge >= 0.3 is 0 Å². The van der Waals surface area contributed by atoms with E-state index in [1.807, 2.05) is 37.4 Å². The van der Waals surface area contributed by atoms with E-state index >= 15 is 0 Å². The largest absolute Gasteiger partial charge is 0.380 e. The van der Waals surface area contributed by atoms with E-state index in [0.717, 1.165) is 16.5 Å². The summed E-state index contributed by atoms with van der Waals surface area (Å²) in [5.41, 5.74) is 4.78. The maximum Gasteiger partial charge on any atom is 0.0751 e. The van der Waals surface area contributed by atoms with Crippen molar-refractivity contribution in [2.75, 3.05) is 7.11 Å². The minimum absolute atomic E-state index is 0.0111. The van der Waals surface area contributed by atoms with Crippen LogP contribution in [-0.4, -0.2) is 18.2 Å². The first-order chi connectivity index (χ1) is 8.26. The van der Waals surface area contributed by atoms with E-state index in [-0.39, 0.29) is 12.1 Å². The molecule has 17 heavy (non-hydrogen) atoms. The average molecular weight is 231 g/mol. The third kappa shape index (κ3) is 2.44. The Balaban J connectivity index is 2.40. The molecule has 2 rings (SSSR count). The Morgan fingerprint density at radius 3 is 2.82 bits per heavy atom. The highest BCUT2D eigenvalue weighted by Crippen LogP contribution is 2.21. The summed E-state index contributed by atoms with van der Waals surface area (Å²) in [6.45, 7) is 1.97. The highest BCUT2D eigenvalue weighted by Gasteiger charge is 2.17. The molecule has 4 nitrogen and oxygen atoms in total. The predicted molar refractivity (Wildman–Crippen MR) is 68.3 cm³/mol. The first-order valence-corrected chi connectivity index (χ1v) is 5.60. The minimum Gasteiger partial charge on any atom is -0.380 e. The van der Waals surface area contributed by atoms with Crippen LogP contribution < -0.4 is 11.3 Å². The number of nitrogens with one attached hydrogen (secondary N) is 1. The second-order valence-electron chi connectivity index (χ2n) is 4.05. The summed E-state index contributed by atoms with van der Waals surface area (Å²) >= 11 is 0. The number of ether oxygens (including phenoxy) is 1. The standard InChI is InChI=1S/C13H17N3O/c1-9(17-2)13(16-14)11-7-10-5-3-4-6-12(10)15-8-11/h3-9,13,16H,14H2,1-2H3. The van der Waals surface area contributed by atoms with E-state index < -0.39 is 0 Å². The molecule has 4 heteroatoms. The molecule has 0 aliphatic carbocycles. The molecule has 1 aromatic carbocycles. The van der Waals surface area contributed by atoms with Gasteiger partial charge < -0.3 is 4.74 Å². The van der Waals surface area contributed by atoms with Crippen molar-refractivity contribution in [3.63, 3.8) is 0 Å². The third-order valence-corrected chi connectivity index (χ3v) is 2.99. The Hall–Kier alpha value is -1.49. The fourth-order valence-corrected chi connectivity index (χ4v) is 1.90. The van der Waals surface area contributed by atoms with E-state index in [9.17, 15) is 0 Å². The van der Waals surface area contributed by atoms with Crippen LogP contribution in [0, 0.1) is 0 Å². The Bertz CT molecular complexity index is 501. The van der Waals surface area contributed by atoms with Crippen LogP contribution in [0.1, 0.15) is 18.5 Å². The molecule has 0 saturated heterocycles. The normalized spacial score (nSPS) is 14.8. The van der Waals surface area contributed by atoms with Crippen molar-refractivity contribution in [3.8, 4) is 0 Å². The summed E-state index contributed by atoms with van der Waals surface area (Å²) in [6.07, 6.45) is 1.82. The number of rotatable bonds is 4. The molecule has 0 amide bonds. The molecule has 2 aromatic rings.